The van der Waals surface area contributed by atoms with Gasteiger partial charge in [-0.15, -0.1) is 10.2 Å². The molecule has 1 N–H and O–H groups in total. The van der Waals surface area contributed by atoms with Crippen LogP contribution in [-0.2, 0) is 16.1 Å². The number of H-pyrrole nitrogens is 1. The lowest BCUT2D eigenvalue weighted by molar-refractivity contribution is -0.00719. The van der Waals surface area contributed by atoms with Gasteiger partial charge in [-0.25, -0.2) is 9.59 Å². The maximum absolute atomic E-state index is 13.1. The first kappa shape index (κ1) is 30.0. The number of nitriles is 1. The van der Waals surface area contributed by atoms with Gasteiger partial charge in [0.25, 0.3) is 11.1 Å². The summed E-state index contributed by atoms with van der Waals surface area (Å²) < 4.78 is 17.9. The Bertz CT molecular complexity index is 1840. The Morgan fingerprint density at radius 1 is 1.05 bits per heavy atom. The van der Waals surface area contributed by atoms with Gasteiger partial charge < -0.3 is 14.2 Å². The minimum atomic E-state index is -1.18. The summed E-state index contributed by atoms with van der Waals surface area (Å²) in [7, 11) is 0. The minimum Gasteiger partial charge on any atom is -0.434 e. The van der Waals surface area contributed by atoms with Crippen LogP contribution in [0.15, 0.2) is 62.9 Å². The van der Waals surface area contributed by atoms with E-state index in [4.69, 9.17) is 42.7 Å². The molecule has 4 rings (SSSR count). The second-order valence-corrected chi connectivity index (χ2v) is 9.87. The third-order valence-corrected chi connectivity index (χ3v) is 6.30. The molecule has 0 aliphatic heterocycles. The van der Waals surface area contributed by atoms with E-state index in [0.29, 0.717) is 5.56 Å². The molecule has 216 valence electrons. The van der Waals surface area contributed by atoms with Gasteiger partial charge in [-0.2, -0.15) is 14.6 Å². The van der Waals surface area contributed by atoms with E-state index in [0.717, 1.165) is 14.9 Å². The average molecular weight is 613 g/mol. The number of nitrogens with one attached hydrogen (secondary N) is 1. The maximum atomic E-state index is 13.1. The highest BCUT2D eigenvalue weighted by molar-refractivity contribution is 6.37. The molecule has 0 spiro atoms. The molecule has 15 heteroatoms. The van der Waals surface area contributed by atoms with E-state index in [9.17, 15) is 19.2 Å². The van der Waals surface area contributed by atoms with Crippen LogP contribution in [-0.4, -0.2) is 30.7 Å². The fourth-order valence-corrected chi connectivity index (χ4v) is 4.23. The lowest BCUT2D eigenvalue weighted by Crippen LogP contribution is -2.33. The van der Waals surface area contributed by atoms with Crippen molar-refractivity contribution in [2.45, 2.75) is 39.5 Å². The molecule has 0 aliphatic carbocycles. The number of carbonyl (C=O) groups is 1. The number of aromatic nitrogens is 5. The molecule has 0 saturated heterocycles. The Morgan fingerprint density at radius 2 is 1.71 bits per heavy atom. The second kappa shape index (κ2) is 12.7. The quantitative estimate of drug-likeness (QED) is 0.280. The van der Waals surface area contributed by atoms with Crippen molar-refractivity contribution in [1.29, 1.82) is 5.26 Å². The zero-order valence-electron chi connectivity index (χ0n) is 22.3. The van der Waals surface area contributed by atoms with Crippen LogP contribution in [0.2, 0.25) is 10.0 Å². The summed E-state index contributed by atoms with van der Waals surface area (Å²) in [4.78, 5) is 51.4. The van der Waals surface area contributed by atoms with Crippen LogP contribution < -0.4 is 21.5 Å². The number of nitrogens with zero attached hydrogens (tertiary/aromatic N) is 5. The Hall–Kier alpha value is -4.93. The lowest BCUT2D eigenvalue weighted by Gasteiger charge is -2.18. The molecule has 0 aliphatic rings. The minimum absolute atomic E-state index is 0.0271. The standard InChI is InChI=1S/C27H22Cl2N6O7/c1-14(2)18-11-22(33-34(25(18)37)15(3)41-27(39)40-13-16-7-5-4-6-8-16)42-23-19(28)9-17(10-20(23)29)35-26(38)31-24(36)21(12-30)32-35/h4-11,14-15H,13H2,1-3H3,(H,31,36,38). The molecule has 0 radical (unpaired) electrons. The summed E-state index contributed by atoms with van der Waals surface area (Å²) in [5.41, 5.74) is -1.86. The molecule has 4 aromatic rings. The number of halogens is 2. The topological polar surface area (TPSA) is 171 Å². The zero-order valence-corrected chi connectivity index (χ0v) is 23.8. The van der Waals surface area contributed by atoms with Crippen LogP contribution in [0.4, 0.5) is 4.79 Å². The molecular weight excluding hydrogens is 591 g/mol. The van der Waals surface area contributed by atoms with Crippen LogP contribution in [0.3, 0.4) is 0 Å². The summed E-state index contributed by atoms with van der Waals surface area (Å²) in [6, 6.07) is 14.5. The van der Waals surface area contributed by atoms with Crippen LogP contribution in [0.5, 0.6) is 11.6 Å². The molecule has 1 atom stereocenters. The van der Waals surface area contributed by atoms with Gasteiger partial charge >= 0.3 is 11.8 Å². The van der Waals surface area contributed by atoms with Crippen LogP contribution >= 0.6 is 23.2 Å². The van der Waals surface area contributed by atoms with Crippen molar-refractivity contribution in [2.24, 2.45) is 0 Å². The first-order valence-corrected chi connectivity index (χ1v) is 13.1. The van der Waals surface area contributed by atoms with Gasteiger partial charge in [-0.3, -0.25) is 14.6 Å². The van der Waals surface area contributed by atoms with E-state index >= 15 is 0 Å². The fraction of sp³-hybridized carbons (Fsp3) is 0.222. The van der Waals surface area contributed by atoms with Gasteiger partial charge in [0, 0.05) is 11.6 Å². The third kappa shape index (κ3) is 6.68. The van der Waals surface area contributed by atoms with Crippen molar-refractivity contribution in [1.82, 2.24) is 24.5 Å². The number of benzene rings is 2. The van der Waals surface area contributed by atoms with Crippen molar-refractivity contribution in [3.63, 3.8) is 0 Å². The average Bonchev–Trinajstić information content (AvgIpc) is 2.94. The van der Waals surface area contributed by atoms with Gasteiger partial charge in [0.2, 0.25) is 11.6 Å². The van der Waals surface area contributed by atoms with Crippen molar-refractivity contribution < 1.29 is 19.0 Å². The van der Waals surface area contributed by atoms with E-state index in [1.165, 1.54) is 25.1 Å². The molecule has 2 aromatic heterocycles. The van der Waals surface area contributed by atoms with Crippen molar-refractivity contribution in [3.05, 3.63) is 107 Å². The summed E-state index contributed by atoms with van der Waals surface area (Å²) in [5, 5.41) is 16.8. The van der Waals surface area contributed by atoms with E-state index in [-0.39, 0.29) is 39.9 Å². The van der Waals surface area contributed by atoms with Gasteiger partial charge in [0.05, 0.1) is 15.7 Å². The highest BCUT2D eigenvalue weighted by Crippen LogP contribution is 2.38. The SMILES string of the molecule is CC(C)c1cc(Oc2c(Cl)cc(-n3nc(C#N)c(=O)[nH]c3=O)cc2Cl)nn(C(C)OC(=O)OCc2ccccc2)c1=O. The van der Waals surface area contributed by atoms with Crippen LogP contribution in [0.1, 0.15) is 49.7 Å². The molecule has 0 bridgehead atoms. The first-order valence-electron chi connectivity index (χ1n) is 12.3. The van der Waals surface area contributed by atoms with Crippen molar-refractivity contribution >= 4 is 29.4 Å². The number of hydrogen-bond acceptors (Lipinski definition) is 10. The van der Waals surface area contributed by atoms with Gasteiger partial charge in [-0.1, -0.05) is 67.4 Å². The van der Waals surface area contributed by atoms with Crippen molar-refractivity contribution in [3.8, 4) is 23.4 Å². The molecular formula is C27H22Cl2N6O7. The highest BCUT2D eigenvalue weighted by Gasteiger charge is 2.22. The highest BCUT2D eigenvalue weighted by atomic mass is 35.5. The Kier molecular flexibility index (Phi) is 9.09. The smallest absolute Gasteiger partial charge is 0.434 e. The number of carbonyl (C=O) groups excluding carboxylic acids is 1. The van der Waals surface area contributed by atoms with E-state index < -0.39 is 34.9 Å². The summed E-state index contributed by atoms with van der Waals surface area (Å²) >= 11 is 12.8. The van der Waals surface area contributed by atoms with E-state index in [1.54, 1.807) is 44.2 Å². The number of ether oxygens (including phenoxy) is 3. The van der Waals surface area contributed by atoms with E-state index in [1.807, 2.05) is 11.1 Å². The molecule has 0 fully saturated rings. The molecule has 42 heavy (non-hydrogen) atoms. The molecule has 0 amide bonds. The number of rotatable bonds is 8. The normalized spacial score (nSPS) is 11.5. The van der Waals surface area contributed by atoms with E-state index in [2.05, 4.69) is 10.2 Å². The zero-order chi connectivity index (χ0) is 30.6. The van der Waals surface area contributed by atoms with Crippen LogP contribution in [0.25, 0.3) is 5.69 Å². The second-order valence-electron chi connectivity index (χ2n) is 9.06. The maximum Gasteiger partial charge on any atom is 0.510 e. The lowest BCUT2D eigenvalue weighted by atomic mass is 10.1. The summed E-state index contributed by atoms with van der Waals surface area (Å²) in [6.45, 7) is 4.97. The molecule has 2 heterocycles. The largest absolute Gasteiger partial charge is 0.510 e. The molecule has 13 nitrogen and oxygen atoms in total. The monoisotopic (exact) mass is 612 g/mol. The summed E-state index contributed by atoms with van der Waals surface area (Å²) in [6.07, 6.45) is -2.19. The molecule has 0 saturated carbocycles. The summed E-state index contributed by atoms with van der Waals surface area (Å²) in [5.74, 6) is -0.454. The Morgan fingerprint density at radius 3 is 2.33 bits per heavy atom. The van der Waals surface area contributed by atoms with Gasteiger partial charge in [0.1, 0.15) is 12.7 Å². The predicted octanol–water partition coefficient (Wildman–Crippen LogP) is 4.44. The third-order valence-electron chi connectivity index (χ3n) is 5.74. The first-order chi connectivity index (χ1) is 20.0. The molecule has 2 aromatic carbocycles. The van der Waals surface area contributed by atoms with Crippen molar-refractivity contribution in [2.75, 3.05) is 0 Å². The number of hydrogen-bond donors (Lipinski definition) is 1. The van der Waals surface area contributed by atoms with Crippen LogP contribution in [0, 0.1) is 11.3 Å². The Labute approximate surface area is 247 Å². The fourth-order valence-electron chi connectivity index (χ4n) is 3.68. The molecule has 1 unspecified atom stereocenters. The van der Waals surface area contributed by atoms with Gasteiger partial charge in [-0.05, 0) is 30.5 Å². The Balaban J connectivity index is 1.63. The predicted molar refractivity (Wildman–Crippen MR) is 150 cm³/mol. The van der Waals surface area contributed by atoms with Gasteiger partial charge in [0.15, 0.2) is 12.0 Å². The number of aromatic amines is 1.